The number of rotatable bonds is 5. The normalized spacial score (nSPS) is 13.4. The summed E-state index contributed by atoms with van der Waals surface area (Å²) in [6, 6.07) is 16.8. The van der Waals surface area contributed by atoms with E-state index in [9.17, 15) is 14.9 Å². The highest BCUT2D eigenvalue weighted by atomic mass is 32.1. The van der Waals surface area contributed by atoms with Gasteiger partial charge in [0.15, 0.2) is 10.9 Å². The molecule has 0 bridgehead atoms. The first kappa shape index (κ1) is 21.5. The minimum atomic E-state index is -0.524. The van der Waals surface area contributed by atoms with Crippen molar-refractivity contribution < 1.29 is 18.9 Å². The summed E-state index contributed by atoms with van der Waals surface area (Å²) < 4.78 is 10.9. The highest BCUT2D eigenvalue weighted by Gasteiger charge is 2.16. The summed E-state index contributed by atoms with van der Waals surface area (Å²) in [5.41, 5.74) is 2.27. The predicted molar refractivity (Wildman–Crippen MR) is 124 cm³/mol. The van der Waals surface area contributed by atoms with Crippen molar-refractivity contribution in [2.45, 2.75) is 0 Å². The molecule has 4 rings (SSSR count). The molecule has 1 aliphatic rings. The topological polar surface area (TPSA) is 110 Å². The molecule has 1 aliphatic heterocycles. The summed E-state index contributed by atoms with van der Waals surface area (Å²) >= 11 is 5.23. The first-order valence-electron chi connectivity index (χ1n) is 9.89. The number of nitro groups is 1. The van der Waals surface area contributed by atoms with Crippen LogP contribution in [0.5, 0.6) is 0 Å². The number of nitro benzene ring substituents is 1. The Morgan fingerprint density at radius 3 is 2.53 bits per heavy atom. The van der Waals surface area contributed by atoms with Crippen LogP contribution in [0.25, 0.3) is 11.3 Å². The largest absolute Gasteiger partial charge is 0.451 e. The molecule has 164 valence electrons. The van der Waals surface area contributed by atoms with Crippen LogP contribution >= 0.6 is 12.2 Å². The molecular formula is C22H20N4O5S. The summed E-state index contributed by atoms with van der Waals surface area (Å²) in [6.45, 7) is 3.13. The Bertz CT molecular complexity index is 1140. The molecular weight excluding hydrogens is 432 g/mol. The van der Waals surface area contributed by atoms with E-state index < -0.39 is 10.8 Å². The van der Waals surface area contributed by atoms with Gasteiger partial charge in [-0.15, -0.1) is 0 Å². The number of nitrogens with one attached hydrogen (secondary N) is 2. The second-order valence-electron chi connectivity index (χ2n) is 7.03. The van der Waals surface area contributed by atoms with Gasteiger partial charge in [0.25, 0.3) is 11.6 Å². The monoisotopic (exact) mass is 452 g/mol. The predicted octanol–water partition coefficient (Wildman–Crippen LogP) is 3.82. The SMILES string of the molecule is O=C(NC(=S)Nc1ccc(N2CCOCC2)cc1)c1ccc(-c2cccc([N+](=O)[O-])c2)o1. The maximum atomic E-state index is 12.5. The van der Waals surface area contributed by atoms with Gasteiger partial charge in [0.05, 0.1) is 18.1 Å². The molecule has 2 heterocycles. The quantitative estimate of drug-likeness (QED) is 0.342. The van der Waals surface area contributed by atoms with Crippen molar-refractivity contribution in [3.63, 3.8) is 0 Å². The number of nitrogens with zero attached hydrogens (tertiary/aromatic N) is 2. The van der Waals surface area contributed by atoms with Crippen LogP contribution in [0.4, 0.5) is 17.1 Å². The first-order valence-corrected chi connectivity index (χ1v) is 10.3. The van der Waals surface area contributed by atoms with Gasteiger partial charge in [-0.3, -0.25) is 20.2 Å². The molecule has 2 N–H and O–H groups in total. The number of benzene rings is 2. The number of morpholine rings is 1. The summed E-state index contributed by atoms with van der Waals surface area (Å²) in [5.74, 6) is -0.140. The van der Waals surface area contributed by atoms with E-state index in [0.717, 1.165) is 24.5 Å². The Kier molecular flexibility index (Phi) is 6.43. The Morgan fingerprint density at radius 1 is 1.06 bits per heavy atom. The van der Waals surface area contributed by atoms with Gasteiger partial charge in [0, 0.05) is 42.2 Å². The fraction of sp³-hybridized carbons (Fsp3) is 0.182. The number of thiocarbonyl (C=S) groups is 1. The average Bonchev–Trinajstić information content (AvgIpc) is 3.31. The van der Waals surface area contributed by atoms with Crippen LogP contribution < -0.4 is 15.5 Å². The van der Waals surface area contributed by atoms with Crippen LogP contribution in [0.3, 0.4) is 0 Å². The number of non-ortho nitro benzene ring substituents is 1. The molecule has 0 radical (unpaired) electrons. The van der Waals surface area contributed by atoms with E-state index in [1.165, 1.54) is 18.2 Å². The Morgan fingerprint density at radius 2 is 1.81 bits per heavy atom. The summed E-state index contributed by atoms with van der Waals surface area (Å²) in [7, 11) is 0. The van der Waals surface area contributed by atoms with Crippen LogP contribution in [-0.4, -0.2) is 42.2 Å². The summed E-state index contributed by atoms with van der Waals surface area (Å²) in [4.78, 5) is 25.2. The molecule has 3 aromatic rings. The minimum Gasteiger partial charge on any atom is -0.451 e. The number of anilines is 2. The van der Waals surface area contributed by atoms with Crippen LogP contribution in [0.15, 0.2) is 65.1 Å². The molecule has 1 amide bonds. The smallest absolute Gasteiger partial charge is 0.293 e. The third-order valence-corrected chi connectivity index (χ3v) is 5.10. The van der Waals surface area contributed by atoms with E-state index in [2.05, 4.69) is 15.5 Å². The first-order chi connectivity index (χ1) is 15.5. The van der Waals surface area contributed by atoms with E-state index in [1.54, 1.807) is 18.2 Å². The van der Waals surface area contributed by atoms with Crippen molar-refractivity contribution in [3.05, 3.63) is 76.5 Å². The Balaban J connectivity index is 1.35. The molecule has 0 aliphatic carbocycles. The van der Waals surface area contributed by atoms with Crippen molar-refractivity contribution in [1.82, 2.24) is 5.32 Å². The number of hydrogen-bond acceptors (Lipinski definition) is 7. The third-order valence-electron chi connectivity index (χ3n) is 4.90. The highest BCUT2D eigenvalue weighted by molar-refractivity contribution is 7.80. The zero-order valence-electron chi connectivity index (χ0n) is 16.9. The van der Waals surface area contributed by atoms with Crippen LogP contribution in [0.2, 0.25) is 0 Å². The molecule has 32 heavy (non-hydrogen) atoms. The van der Waals surface area contributed by atoms with Crippen molar-refractivity contribution in [1.29, 1.82) is 0 Å². The Hall–Kier alpha value is -3.76. The molecule has 1 aromatic heterocycles. The molecule has 0 spiro atoms. The van der Waals surface area contributed by atoms with Gasteiger partial charge in [-0.2, -0.15) is 0 Å². The second kappa shape index (κ2) is 9.58. The second-order valence-corrected chi connectivity index (χ2v) is 7.43. The van der Waals surface area contributed by atoms with Crippen LogP contribution in [0, 0.1) is 10.1 Å². The number of furan rings is 1. The number of carbonyl (C=O) groups excluding carboxylic acids is 1. The van der Waals surface area contributed by atoms with Gasteiger partial charge >= 0.3 is 0 Å². The third kappa shape index (κ3) is 5.10. The fourth-order valence-electron chi connectivity index (χ4n) is 3.29. The number of carbonyl (C=O) groups is 1. The number of hydrogen-bond donors (Lipinski definition) is 2. The molecule has 0 saturated carbocycles. The van der Waals surface area contributed by atoms with E-state index in [0.29, 0.717) is 24.5 Å². The van der Waals surface area contributed by atoms with Gasteiger partial charge in [0.1, 0.15) is 5.76 Å². The molecule has 2 aromatic carbocycles. The van der Waals surface area contributed by atoms with E-state index in [-0.39, 0.29) is 16.6 Å². The minimum absolute atomic E-state index is 0.0401. The van der Waals surface area contributed by atoms with E-state index in [4.69, 9.17) is 21.4 Å². The molecule has 0 atom stereocenters. The molecule has 9 nitrogen and oxygen atoms in total. The summed E-state index contributed by atoms with van der Waals surface area (Å²) in [5, 5.41) is 16.6. The molecule has 1 fully saturated rings. The van der Waals surface area contributed by atoms with Gasteiger partial charge in [-0.1, -0.05) is 12.1 Å². The number of ether oxygens (including phenoxy) is 1. The van der Waals surface area contributed by atoms with Gasteiger partial charge < -0.3 is 19.4 Å². The number of amides is 1. The fourth-order valence-corrected chi connectivity index (χ4v) is 3.50. The lowest BCUT2D eigenvalue weighted by atomic mass is 10.1. The zero-order chi connectivity index (χ0) is 22.5. The van der Waals surface area contributed by atoms with Crippen molar-refractivity contribution in [3.8, 4) is 11.3 Å². The zero-order valence-corrected chi connectivity index (χ0v) is 17.8. The molecule has 10 heteroatoms. The highest BCUT2D eigenvalue weighted by Crippen LogP contribution is 2.26. The average molecular weight is 452 g/mol. The lowest BCUT2D eigenvalue weighted by Crippen LogP contribution is -2.36. The van der Waals surface area contributed by atoms with Gasteiger partial charge in [-0.05, 0) is 48.6 Å². The van der Waals surface area contributed by atoms with Crippen LogP contribution in [-0.2, 0) is 4.74 Å². The molecule has 0 unspecified atom stereocenters. The van der Waals surface area contributed by atoms with E-state index in [1.807, 2.05) is 24.3 Å². The maximum Gasteiger partial charge on any atom is 0.293 e. The molecule has 1 saturated heterocycles. The lowest BCUT2D eigenvalue weighted by Gasteiger charge is -2.28. The van der Waals surface area contributed by atoms with Crippen molar-refractivity contribution in [2.75, 3.05) is 36.5 Å². The lowest BCUT2D eigenvalue weighted by molar-refractivity contribution is -0.384. The van der Waals surface area contributed by atoms with Gasteiger partial charge in [-0.25, -0.2) is 0 Å². The summed E-state index contributed by atoms with van der Waals surface area (Å²) in [6.07, 6.45) is 0. The van der Waals surface area contributed by atoms with Gasteiger partial charge in [0.2, 0.25) is 0 Å². The Labute approximate surface area is 189 Å². The van der Waals surface area contributed by atoms with Crippen molar-refractivity contribution >= 4 is 40.3 Å². The van der Waals surface area contributed by atoms with Crippen LogP contribution in [0.1, 0.15) is 10.6 Å². The standard InChI is InChI=1S/C22H20N4O5S/c27-21(20-9-8-19(31-20)15-2-1-3-18(14-15)26(28)29)24-22(32)23-16-4-6-17(7-5-16)25-10-12-30-13-11-25/h1-9,14H,10-13H2,(H2,23,24,27,32). The van der Waals surface area contributed by atoms with E-state index >= 15 is 0 Å². The maximum absolute atomic E-state index is 12.5. The van der Waals surface area contributed by atoms with Crippen molar-refractivity contribution in [2.24, 2.45) is 0 Å².